The van der Waals surface area contributed by atoms with Crippen molar-refractivity contribution in [3.8, 4) is 0 Å². The number of halogens is 4. The second-order valence-corrected chi connectivity index (χ2v) is 1.61. The lowest BCUT2D eigenvalue weighted by molar-refractivity contribution is -0.125. The standard InChI is InChI=1S/C5H6F4/c1-4(6)2-3-5(7,8)9/h2H,3H2,1H3/b4-2+. The lowest BCUT2D eigenvalue weighted by Gasteiger charge is -1.99. The molecule has 0 aromatic rings. The van der Waals surface area contributed by atoms with E-state index in [9.17, 15) is 17.6 Å². The molecule has 54 valence electrons. The van der Waals surface area contributed by atoms with E-state index in [-0.39, 0.29) is 0 Å². The van der Waals surface area contributed by atoms with E-state index in [2.05, 4.69) is 0 Å². The van der Waals surface area contributed by atoms with Crippen LogP contribution in [0.3, 0.4) is 0 Å². The van der Waals surface area contributed by atoms with Crippen LogP contribution in [0, 0.1) is 0 Å². The van der Waals surface area contributed by atoms with Gasteiger partial charge in [0.15, 0.2) is 0 Å². The van der Waals surface area contributed by atoms with Gasteiger partial charge in [-0.1, -0.05) is 0 Å². The summed E-state index contributed by atoms with van der Waals surface area (Å²) in [6.07, 6.45) is -4.97. The number of allylic oxidation sites excluding steroid dienone is 2. The van der Waals surface area contributed by atoms with Crippen LogP contribution in [0.5, 0.6) is 0 Å². The zero-order valence-electron chi connectivity index (χ0n) is 4.80. The Morgan fingerprint density at radius 2 is 1.89 bits per heavy atom. The van der Waals surface area contributed by atoms with Gasteiger partial charge in [0.2, 0.25) is 0 Å². The molecule has 9 heavy (non-hydrogen) atoms. The van der Waals surface area contributed by atoms with E-state index in [1.54, 1.807) is 0 Å². The van der Waals surface area contributed by atoms with E-state index in [1.807, 2.05) is 0 Å². The summed E-state index contributed by atoms with van der Waals surface area (Å²) < 4.78 is 45.2. The number of hydrogen-bond donors (Lipinski definition) is 0. The molecule has 0 aliphatic carbocycles. The highest BCUT2D eigenvalue weighted by Crippen LogP contribution is 2.20. The molecule has 0 aromatic carbocycles. The molecule has 0 nitrogen and oxygen atoms in total. The average Bonchev–Trinajstić information content (AvgIpc) is 1.59. The smallest absolute Gasteiger partial charge is 0.212 e. The van der Waals surface area contributed by atoms with Crippen LogP contribution in [0.2, 0.25) is 0 Å². The Morgan fingerprint density at radius 1 is 1.44 bits per heavy atom. The van der Waals surface area contributed by atoms with Crippen molar-refractivity contribution in [1.29, 1.82) is 0 Å². The first-order valence-corrected chi connectivity index (χ1v) is 2.31. The first-order valence-electron chi connectivity index (χ1n) is 2.31. The molecule has 0 radical (unpaired) electrons. The van der Waals surface area contributed by atoms with Crippen molar-refractivity contribution in [2.45, 2.75) is 19.5 Å². The molecule has 4 heteroatoms. The molecule has 0 saturated heterocycles. The van der Waals surface area contributed by atoms with Crippen LogP contribution in [0.4, 0.5) is 17.6 Å². The zero-order chi connectivity index (χ0) is 7.49. The van der Waals surface area contributed by atoms with E-state index in [4.69, 9.17) is 0 Å². The molecule has 0 unspecified atom stereocenters. The summed E-state index contributed by atoms with van der Waals surface area (Å²) in [4.78, 5) is 0. The summed E-state index contributed by atoms with van der Waals surface area (Å²) >= 11 is 0. The largest absolute Gasteiger partial charge is 0.392 e. The predicted molar refractivity (Wildman–Crippen MR) is 25.5 cm³/mol. The second-order valence-electron chi connectivity index (χ2n) is 1.61. The second kappa shape index (κ2) is 2.85. The Bertz CT molecular complexity index is 107. The molecule has 0 saturated carbocycles. The minimum absolute atomic E-state index is 0.500. The number of alkyl halides is 3. The van der Waals surface area contributed by atoms with E-state index in [0.29, 0.717) is 6.08 Å². The van der Waals surface area contributed by atoms with Gasteiger partial charge in [-0.2, -0.15) is 13.2 Å². The van der Waals surface area contributed by atoms with Gasteiger partial charge in [-0.25, -0.2) is 4.39 Å². The van der Waals surface area contributed by atoms with Crippen molar-refractivity contribution in [3.63, 3.8) is 0 Å². The summed E-state index contributed by atoms with van der Waals surface area (Å²) in [6.45, 7) is 0.978. The molecule has 0 spiro atoms. The predicted octanol–water partition coefficient (Wildman–Crippen LogP) is 2.81. The zero-order valence-corrected chi connectivity index (χ0v) is 4.80. The number of rotatable bonds is 1. The molecule has 0 aliphatic heterocycles. The molecule has 0 aromatic heterocycles. The molecular weight excluding hydrogens is 136 g/mol. The Morgan fingerprint density at radius 3 is 2.00 bits per heavy atom. The van der Waals surface area contributed by atoms with Crippen LogP contribution < -0.4 is 0 Å². The van der Waals surface area contributed by atoms with Crippen LogP contribution >= 0.6 is 0 Å². The van der Waals surface area contributed by atoms with Crippen molar-refractivity contribution >= 4 is 0 Å². The van der Waals surface area contributed by atoms with Crippen molar-refractivity contribution in [1.82, 2.24) is 0 Å². The van der Waals surface area contributed by atoms with Gasteiger partial charge in [0, 0.05) is 0 Å². The molecular formula is C5H6F4. The van der Waals surface area contributed by atoms with E-state index in [0.717, 1.165) is 6.92 Å². The van der Waals surface area contributed by atoms with Gasteiger partial charge in [0.05, 0.1) is 12.2 Å². The minimum Gasteiger partial charge on any atom is -0.212 e. The Labute approximate surface area is 50.2 Å². The molecule has 0 rings (SSSR count). The first-order chi connectivity index (χ1) is 3.92. The number of hydrogen-bond acceptors (Lipinski definition) is 0. The quantitative estimate of drug-likeness (QED) is 0.494. The van der Waals surface area contributed by atoms with Gasteiger partial charge >= 0.3 is 6.18 Å². The van der Waals surface area contributed by atoms with Gasteiger partial charge in [-0.3, -0.25) is 0 Å². The van der Waals surface area contributed by atoms with E-state index in [1.165, 1.54) is 0 Å². The maximum Gasteiger partial charge on any atom is 0.392 e. The van der Waals surface area contributed by atoms with Crippen LogP contribution in [0.25, 0.3) is 0 Å². The molecule has 0 aliphatic rings. The van der Waals surface area contributed by atoms with E-state index < -0.39 is 18.4 Å². The maximum absolute atomic E-state index is 11.6. The fourth-order valence-electron chi connectivity index (χ4n) is 0.256. The summed E-state index contributed by atoms with van der Waals surface area (Å²) in [5.41, 5.74) is 0. The highest BCUT2D eigenvalue weighted by Gasteiger charge is 2.24. The molecule has 0 atom stereocenters. The summed E-state index contributed by atoms with van der Waals surface area (Å²) in [5, 5.41) is 0. The van der Waals surface area contributed by atoms with Crippen molar-refractivity contribution in [2.75, 3.05) is 0 Å². The third-order valence-electron chi connectivity index (χ3n) is 0.615. The Hall–Kier alpha value is -0.540. The SMILES string of the molecule is C/C(F)=C\CC(F)(F)F. The van der Waals surface area contributed by atoms with Crippen LogP contribution in [0.15, 0.2) is 11.9 Å². The third kappa shape index (κ3) is 7.46. The van der Waals surface area contributed by atoms with Gasteiger partial charge in [0.1, 0.15) is 0 Å². The fraction of sp³-hybridized carbons (Fsp3) is 0.600. The highest BCUT2D eigenvalue weighted by atomic mass is 19.4. The summed E-state index contributed by atoms with van der Waals surface area (Å²) in [7, 11) is 0. The molecule has 0 amide bonds. The summed E-state index contributed by atoms with van der Waals surface area (Å²) in [6, 6.07) is 0. The maximum atomic E-state index is 11.6. The monoisotopic (exact) mass is 142 g/mol. The average molecular weight is 142 g/mol. The minimum atomic E-state index is -4.28. The van der Waals surface area contributed by atoms with Gasteiger partial charge in [-0.15, -0.1) is 0 Å². The van der Waals surface area contributed by atoms with Gasteiger partial charge < -0.3 is 0 Å². The molecule has 0 heterocycles. The van der Waals surface area contributed by atoms with Crippen LogP contribution in [0.1, 0.15) is 13.3 Å². The van der Waals surface area contributed by atoms with Crippen molar-refractivity contribution in [3.05, 3.63) is 11.9 Å². The van der Waals surface area contributed by atoms with Gasteiger partial charge in [-0.05, 0) is 13.0 Å². The first kappa shape index (κ1) is 8.46. The van der Waals surface area contributed by atoms with Crippen molar-refractivity contribution in [2.24, 2.45) is 0 Å². The van der Waals surface area contributed by atoms with Crippen LogP contribution in [-0.2, 0) is 0 Å². The van der Waals surface area contributed by atoms with Gasteiger partial charge in [0.25, 0.3) is 0 Å². The normalized spacial score (nSPS) is 14.1. The lowest BCUT2D eigenvalue weighted by atomic mass is 10.4. The Kier molecular flexibility index (Phi) is 2.67. The fourth-order valence-corrected chi connectivity index (χ4v) is 0.256. The molecule has 0 fully saturated rings. The van der Waals surface area contributed by atoms with Crippen molar-refractivity contribution < 1.29 is 17.6 Å². The van der Waals surface area contributed by atoms with Crippen LogP contribution in [-0.4, -0.2) is 6.18 Å². The topological polar surface area (TPSA) is 0 Å². The third-order valence-corrected chi connectivity index (χ3v) is 0.615. The molecule has 0 N–H and O–H groups in total. The lowest BCUT2D eigenvalue weighted by Crippen LogP contribution is -2.04. The summed E-state index contributed by atoms with van der Waals surface area (Å²) in [5.74, 6) is -0.799. The Balaban J connectivity index is 3.64. The highest BCUT2D eigenvalue weighted by molar-refractivity contribution is 4.88. The van der Waals surface area contributed by atoms with E-state index >= 15 is 0 Å². The molecule has 0 bridgehead atoms.